The lowest BCUT2D eigenvalue weighted by Crippen LogP contribution is -2.48. The summed E-state index contributed by atoms with van der Waals surface area (Å²) in [6, 6.07) is 7.74. The highest BCUT2D eigenvalue weighted by Gasteiger charge is 2.47. The first kappa shape index (κ1) is 30.1. The molecule has 0 saturated carbocycles. The van der Waals surface area contributed by atoms with Crippen LogP contribution in [0.15, 0.2) is 53.8 Å². The van der Waals surface area contributed by atoms with Crippen molar-refractivity contribution in [2.45, 2.75) is 70.4 Å². The van der Waals surface area contributed by atoms with E-state index in [4.69, 9.17) is 23.7 Å². The van der Waals surface area contributed by atoms with Crippen LogP contribution in [0.3, 0.4) is 0 Å². The van der Waals surface area contributed by atoms with E-state index in [1.165, 1.54) is 13.4 Å². The maximum atomic E-state index is 13.5. The first-order valence-corrected chi connectivity index (χ1v) is 13.8. The minimum Gasteiger partial charge on any atom is -0.466 e. The second kappa shape index (κ2) is 13.2. The fourth-order valence-corrected chi connectivity index (χ4v) is 5.22. The molecule has 4 rings (SSSR count). The molecule has 1 amide bonds. The number of allylic oxidation sites excluding steroid dienone is 1. The van der Waals surface area contributed by atoms with Crippen molar-refractivity contribution >= 4 is 24.0 Å². The zero-order valence-electron chi connectivity index (χ0n) is 23.8. The van der Waals surface area contributed by atoms with Crippen molar-refractivity contribution < 1.29 is 42.9 Å². The molecule has 2 aliphatic heterocycles. The number of carbonyl (C=O) groups is 4. The minimum absolute atomic E-state index is 0.0341. The maximum Gasteiger partial charge on any atom is 0.408 e. The first-order valence-electron chi connectivity index (χ1n) is 13.8. The molecule has 0 unspecified atom stereocenters. The molecule has 5 atom stereocenters. The maximum absolute atomic E-state index is 13.5. The Bertz CT molecular complexity index is 1180. The summed E-state index contributed by atoms with van der Waals surface area (Å²) in [4.78, 5) is 51.1. The van der Waals surface area contributed by atoms with Gasteiger partial charge in [-0.3, -0.25) is 4.79 Å². The van der Waals surface area contributed by atoms with E-state index >= 15 is 0 Å². The molecule has 1 aromatic carbocycles. The van der Waals surface area contributed by atoms with E-state index in [9.17, 15) is 19.2 Å². The third-order valence-corrected chi connectivity index (χ3v) is 7.15. The number of methoxy groups -OCH3 is 1. The Morgan fingerprint density at radius 2 is 1.90 bits per heavy atom. The van der Waals surface area contributed by atoms with Crippen molar-refractivity contribution in [1.29, 1.82) is 0 Å². The lowest BCUT2D eigenvalue weighted by atomic mass is 9.83. The van der Waals surface area contributed by atoms with E-state index in [1.807, 2.05) is 36.4 Å². The van der Waals surface area contributed by atoms with Crippen LogP contribution in [0.4, 0.5) is 4.79 Å². The summed E-state index contributed by atoms with van der Waals surface area (Å²) in [5.41, 5.74) is 1.00. The molecule has 1 saturated heterocycles. The van der Waals surface area contributed by atoms with Crippen LogP contribution in [-0.4, -0.2) is 68.2 Å². The van der Waals surface area contributed by atoms with Crippen LogP contribution < -0.4 is 10.6 Å². The van der Waals surface area contributed by atoms with Gasteiger partial charge in [-0.25, -0.2) is 14.4 Å². The average molecular weight is 571 g/mol. The Balaban J connectivity index is 1.51. The molecule has 3 aliphatic rings. The molecule has 0 radical (unpaired) electrons. The van der Waals surface area contributed by atoms with Crippen molar-refractivity contribution in [1.82, 2.24) is 10.6 Å². The number of hydrogen-bond donors (Lipinski definition) is 2. The highest BCUT2D eigenvalue weighted by molar-refractivity contribution is 5.89. The summed E-state index contributed by atoms with van der Waals surface area (Å²) in [6.07, 6.45) is 3.43. The van der Waals surface area contributed by atoms with Gasteiger partial charge in [-0.1, -0.05) is 36.4 Å². The fourth-order valence-electron chi connectivity index (χ4n) is 5.22. The number of rotatable bonds is 9. The zero-order valence-corrected chi connectivity index (χ0v) is 23.8. The Labute approximate surface area is 239 Å². The van der Waals surface area contributed by atoms with Crippen LogP contribution in [-0.2, 0) is 44.5 Å². The van der Waals surface area contributed by atoms with E-state index in [2.05, 4.69) is 10.6 Å². The van der Waals surface area contributed by atoms with Crippen LogP contribution in [0.5, 0.6) is 0 Å². The Hall–Kier alpha value is -3.86. The number of hydrogen-bond acceptors (Lipinski definition) is 10. The number of benzene rings is 1. The van der Waals surface area contributed by atoms with E-state index < -0.39 is 47.8 Å². The number of alkyl carbamates (subject to hydrolysis) is 1. The SMILES string of the molecule is COC(=O)C1=CO[C@@H](OC(=O)[C@H](Cc2ccccc2)NC(=O)OC(C)(C)C)[C@@H]2C(COC(=O)[C@@H]3CCCN3)=CC[C@H]12. The van der Waals surface area contributed by atoms with E-state index in [1.54, 1.807) is 20.8 Å². The third kappa shape index (κ3) is 7.87. The minimum atomic E-state index is -1.13. The van der Waals surface area contributed by atoms with Gasteiger partial charge in [0.15, 0.2) is 0 Å². The predicted molar refractivity (Wildman–Crippen MR) is 146 cm³/mol. The fraction of sp³-hybridized carbons (Fsp3) is 0.533. The van der Waals surface area contributed by atoms with Crippen LogP contribution in [0.2, 0.25) is 0 Å². The van der Waals surface area contributed by atoms with Crippen LogP contribution in [0, 0.1) is 11.8 Å². The van der Waals surface area contributed by atoms with Gasteiger partial charge in [0.25, 0.3) is 6.29 Å². The molecule has 2 N–H and O–H groups in total. The second-order valence-electron chi connectivity index (χ2n) is 11.3. The van der Waals surface area contributed by atoms with Crippen molar-refractivity contribution in [2.24, 2.45) is 11.8 Å². The van der Waals surface area contributed by atoms with Gasteiger partial charge in [0, 0.05) is 12.3 Å². The van der Waals surface area contributed by atoms with Gasteiger partial charge >= 0.3 is 24.0 Å². The standard InChI is InChI=1S/C30H38N2O9/c1-30(2,3)41-29(36)32-23(15-18-9-6-5-7-10-18)27(35)40-28-24-19(16-38-26(34)22-11-8-14-31-22)12-13-20(24)21(17-39-28)25(33)37-4/h5-7,9-10,12,17,20,22-24,28,31H,8,11,13-16H2,1-4H3,(H,32,36)/t20-,22+,23+,24-,28+/m1/s1. The number of amides is 1. The molecule has 1 aromatic rings. The summed E-state index contributed by atoms with van der Waals surface area (Å²) in [5.74, 6) is -2.65. The van der Waals surface area contributed by atoms with Crippen LogP contribution >= 0.6 is 0 Å². The normalized spacial score (nSPS) is 24.1. The van der Waals surface area contributed by atoms with Gasteiger partial charge in [0.2, 0.25) is 0 Å². The molecule has 41 heavy (non-hydrogen) atoms. The van der Waals surface area contributed by atoms with E-state index in [0.29, 0.717) is 24.0 Å². The molecule has 1 aliphatic carbocycles. The molecule has 11 heteroatoms. The zero-order chi connectivity index (χ0) is 29.6. The molecule has 0 aromatic heterocycles. The second-order valence-corrected chi connectivity index (χ2v) is 11.3. The van der Waals surface area contributed by atoms with Crippen LogP contribution in [0.25, 0.3) is 0 Å². The van der Waals surface area contributed by atoms with Crippen LogP contribution in [0.1, 0.15) is 45.6 Å². The summed E-state index contributed by atoms with van der Waals surface area (Å²) >= 11 is 0. The molecule has 11 nitrogen and oxygen atoms in total. The molecule has 0 bridgehead atoms. The lowest BCUT2D eigenvalue weighted by Gasteiger charge is -2.35. The van der Waals surface area contributed by atoms with Gasteiger partial charge in [0.05, 0.1) is 24.9 Å². The highest BCUT2D eigenvalue weighted by Crippen LogP contribution is 2.44. The molecule has 222 valence electrons. The first-order chi connectivity index (χ1) is 19.6. The molecule has 0 spiro atoms. The quantitative estimate of drug-likeness (QED) is 0.259. The predicted octanol–water partition coefficient (Wildman–Crippen LogP) is 2.94. The Kier molecular flexibility index (Phi) is 9.69. The van der Waals surface area contributed by atoms with Gasteiger partial charge < -0.3 is 34.3 Å². The largest absolute Gasteiger partial charge is 0.466 e. The monoisotopic (exact) mass is 570 g/mol. The third-order valence-electron chi connectivity index (χ3n) is 7.15. The van der Waals surface area contributed by atoms with Crippen molar-refractivity contribution in [3.05, 3.63) is 59.4 Å². The lowest BCUT2D eigenvalue weighted by molar-refractivity contribution is -0.185. The highest BCUT2D eigenvalue weighted by atomic mass is 16.7. The molecule has 2 heterocycles. The summed E-state index contributed by atoms with van der Waals surface area (Å²) in [5, 5.41) is 5.73. The van der Waals surface area contributed by atoms with E-state index in [0.717, 1.165) is 18.5 Å². The van der Waals surface area contributed by atoms with Gasteiger partial charge in [-0.2, -0.15) is 0 Å². The van der Waals surface area contributed by atoms with Gasteiger partial charge in [-0.05, 0) is 57.7 Å². The molecule has 1 fully saturated rings. The van der Waals surface area contributed by atoms with Crippen molar-refractivity contribution in [3.8, 4) is 0 Å². The summed E-state index contributed by atoms with van der Waals surface area (Å²) in [6.45, 7) is 5.90. The number of nitrogens with one attached hydrogen (secondary N) is 2. The van der Waals surface area contributed by atoms with Crippen molar-refractivity contribution in [2.75, 3.05) is 20.3 Å². The average Bonchev–Trinajstić information content (AvgIpc) is 3.62. The Morgan fingerprint density at radius 3 is 2.56 bits per heavy atom. The van der Waals surface area contributed by atoms with Gasteiger partial charge in [-0.15, -0.1) is 0 Å². The number of ether oxygens (including phenoxy) is 5. The number of fused-ring (bicyclic) bond motifs is 1. The molecular formula is C30H38N2O9. The number of carbonyl (C=O) groups excluding carboxylic acids is 4. The van der Waals surface area contributed by atoms with Crippen molar-refractivity contribution in [3.63, 3.8) is 0 Å². The Morgan fingerprint density at radius 1 is 1.15 bits per heavy atom. The smallest absolute Gasteiger partial charge is 0.408 e. The number of esters is 3. The molecular weight excluding hydrogens is 532 g/mol. The van der Waals surface area contributed by atoms with E-state index in [-0.39, 0.29) is 25.0 Å². The summed E-state index contributed by atoms with van der Waals surface area (Å²) in [7, 11) is 1.28. The topological polar surface area (TPSA) is 138 Å². The van der Waals surface area contributed by atoms with Gasteiger partial charge in [0.1, 0.15) is 24.3 Å². The summed E-state index contributed by atoms with van der Waals surface area (Å²) < 4.78 is 27.5.